The normalized spacial score (nSPS) is 24.0. The van der Waals surface area contributed by atoms with Crippen molar-refractivity contribution in [3.8, 4) is 0 Å². The first-order valence-corrected chi connectivity index (χ1v) is 4.01. The van der Waals surface area contributed by atoms with Gasteiger partial charge >= 0.3 is 0 Å². The summed E-state index contributed by atoms with van der Waals surface area (Å²) in [6.07, 6.45) is 1.60. The van der Waals surface area contributed by atoms with Gasteiger partial charge in [-0.15, -0.1) is 0 Å². The molecular weight excluding hydrogens is 142 g/mol. The highest BCUT2D eigenvalue weighted by atomic mass is 16.3. The number of rotatable bonds is 2. The molecule has 1 heterocycles. The number of aliphatic hydroxyl groups is 1. The largest absolute Gasteiger partial charge is 0.388 e. The van der Waals surface area contributed by atoms with E-state index in [0.717, 1.165) is 25.9 Å². The van der Waals surface area contributed by atoms with E-state index in [1.807, 2.05) is 0 Å². The Morgan fingerprint density at radius 1 is 1.55 bits per heavy atom. The lowest BCUT2D eigenvalue weighted by atomic mass is 9.92. The Morgan fingerprint density at radius 3 is 2.55 bits per heavy atom. The molecule has 4 nitrogen and oxygen atoms in total. The molecule has 0 atom stereocenters. The molecule has 0 unspecified atom stereocenters. The van der Waals surface area contributed by atoms with Crippen LogP contribution in [0.1, 0.15) is 12.8 Å². The summed E-state index contributed by atoms with van der Waals surface area (Å²) in [5.74, 6) is 5.46. The second-order valence-corrected chi connectivity index (χ2v) is 3.39. The molecule has 0 saturated carbocycles. The number of hydrogen-bond acceptors (Lipinski definition) is 4. The van der Waals surface area contributed by atoms with Crippen molar-refractivity contribution in [3.63, 3.8) is 0 Å². The molecule has 0 radical (unpaired) electrons. The quantitative estimate of drug-likeness (QED) is 0.354. The highest BCUT2D eigenvalue weighted by Gasteiger charge is 2.29. The molecule has 0 spiro atoms. The summed E-state index contributed by atoms with van der Waals surface area (Å²) in [7, 11) is 1.78. The lowest BCUT2D eigenvalue weighted by molar-refractivity contribution is -0.0154. The molecular formula is C7H17N3O. The summed E-state index contributed by atoms with van der Waals surface area (Å²) < 4.78 is 0. The number of piperidine rings is 1. The van der Waals surface area contributed by atoms with E-state index in [1.54, 1.807) is 12.1 Å². The fourth-order valence-corrected chi connectivity index (χ4v) is 1.51. The average molecular weight is 159 g/mol. The van der Waals surface area contributed by atoms with Gasteiger partial charge in [-0.3, -0.25) is 5.84 Å². The molecule has 0 aromatic heterocycles. The van der Waals surface area contributed by atoms with Crippen molar-refractivity contribution in [2.45, 2.75) is 18.4 Å². The highest BCUT2D eigenvalue weighted by molar-refractivity contribution is 4.85. The summed E-state index contributed by atoms with van der Waals surface area (Å²) in [6, 6.07) is 0. The number of likely N-dealkylation sites (N-methyl/N-ethyl adjacent to an activating group) is 1. The van der Waals surface area contributed by atoms with E-state index in [4.69, 9.17) is 5.84 Å². The van der Waals surface area contributed by atoms with E-state index in [9.17, 15) is 5.11 Å². The number of hydrogen-bond donors (Lipinski definition) is 3. The van der Waals surface area contributed by atoms with Gasteiger partial charge in [0.2, 0.25) is 0 Å². The van der Waals surface area contributed by atoms with Crippen molar-refractivity contribution in [2.75, 3.05) is 26.7 Å². The fraction of sp³-hybridized carbons (Fsp3) is 1.00. The van der Waals surface area contributed by atoms with Crippen LogP contribution < -0.4 is 11.2 Å². The van der Waals surface area contributed by atoms with Gasteiger partial charge in [0.05, 0.1) is 5.60 Å². The van der Waals surface area contributed by atoms with E-state index in [2.05, 4.69) is 5.32 Å². The van der Waals surface area contributed by atoms with Crippen molar-refractivity contribution in [3.05, 3.63) is 0 Å². The van der Waals surface area contributed by atoms with Crippen molar-refractivity contribution in [1.29, 1.82) is 0 Å². The summed E-state index contributed by atoms with van der Waals surface area (Å²) in [6.45, 7) is 2.35. The van der Waals surface area contributed by atoms with Gasteiger partial charge in [-0.25, -0.2) is 5.01 Å². The molecule has 0 aliphatic carbocycles. The zero-order valence-electron chi connectivity index (χ0n) is 7.01. The fourth-order valence-electron chi connectivity index (χ4n) is 1.51. The Bertz CT molecular complexity index is 121. The third kappa shape index (κ3) is 2.75. The Kier molecular flexibility index (Phi) is 2.84. The molecule has 0 aromatic carbocycles. The molecule has 0 amide bonds. The highest BCUT2D eigenvalue weighted by Crippen LogP contribution is 2.17. The molecule has 66 valence electrons. The van der Waals surface area contributed by atoms with Crippen LogP contribution in [0.25, 0.3) is 0 Å². The number of hydrazine groups is 1. The molecule has 1 fully saturated rings. The molecule has 0 bridgehead atoms. The Hall–Kier alpha value is -0.160. The van der Waals surface area contributed by atoms with Crippen LogP contribution >= 0.6 is 0 Å². The molecule has 1 rings (SSSR count). The first-order chi connectivity index (χ1) is 5.12. The van der Waals surface area contributed by atoms with Crippen molar-refractivity contribution in [1.82, 2.24) is 10.3 Å². The first kappa shape index (κ1) is 8.93. The summed E-state index contributed by atoms with van der Waals surface area (Å²) >= 11 is 0. The molecule has 1 aliphatic heterocycles. The Morgan fingerprint density at radius 2 is 2.09 bits per heavy atom. The predicted molar refractivity (Wildman–Crippen MR) is 43.9 cm³/mol. The van der Waals surface area contributed by atoms with Gasteiger partial charge < -0.3 is 10.4 Å². The number of nitrogens with zero attached hydrogens (tertiary/aromatic N) is 1. The zero-order valence-corrected chi connectivity index (χ0v) is 7.01. The molecule has 1 saturated heterocycles. The van der Waals surface area contributed by atoms with Crippen LogP contribution in [0.2, 0.25) is 0 Å². The van der Waals surface area contributed by atoms with Crippen LogP contribution in [0.15, 0.2) is 0 Å². The van der Waals surface area contributed by atoms with Gasteiger partial charge in [0.1, 0.15) is 0 Å². The minimum atomic E-state index is -0.561. The standard InChI is InChI=1S/C7H17N3O/c1-10(8)6-7(11)2-4-9-5-3-7/h9,11H,2-6,8H2,1H3. The van der Waals surface area contributed by atoms with Crippen molar-refractivity contribution >= 4 is 0 Å². The maximum atomic E-state index is 9.88. The zero-order chi connectivity index (χ0) is 8.32. The van der Waals surface area contributed by atoms with Crippen LogP contribution in [0, 0.1) is 0 Å². The molecule has 11 heavy (non-hydrogen) atoms. The predicted octanol–water partition coefficient (Wildman–Crippen LogP) is -1.09. The van der Waals surface area contributed by atoms with Gasteiger partial charge in [0.25, 0.3) is 0 Å². The maximum absolute atomic E-state index is 9.88. The van der Waals surface area contributed by atoms with E-state index in [1.165, 1.54) is 0 Å². The van der Waals surface area contributed by atoms with E-state index in [-0.39, 0.29) is 0 Å². The van der Waals surface area contributed by atoms with Gasteiger partial charge in [-0.05, 0) is 25.9 Å². The van der Waals surface area contributed by atoms with E-state index >= 15 is 0 Å². The maximum Gasteiger partial charge on any atom is 0.0812 e. The van der Waals surface area contributed by atoms with Crippen LogP contribution in [0.3, 0.4) is 0 Å². The van der Waals surface area contributed by atoms with E-state index in [0.29, 0.717) is 6.54 Å². The third-order valence-electron chi connectivity index (χ3n) is 2.08. The van der Waals surface area contributed by atoms with Gasteiger partial charge in [-0.1, -0.05) is 0 Å². The summed E-state index contributed by atoms with van der Waals surface area (Å²) in [5.41, 5.74) is -0.561. The van der Waals surface area contributed by atoms with Gasteiger partial charge in [-0.2, -0.15) is 0 Å². The summed E-state index contributed by atoms with van der Waals surface area (Å²) in [4.78, 5) is 0. The van der Waals surface area contributed by atoms with E-state index < -0.39 is 5.60 Å². The van der Waals surface area contributed by atoms with Crippen molar-refractivity contribution < 1.29 is 5.11 Å². The van der Waals surface area contributed by atoms with Crippen molar-refractivity contribution in [2.24, 2.45) is 5.84 Å². The monoisotopic (exact) mass is 159 g/mol. The SMILES string of the molecule is CN(N)CC1(O)CCNCC1. The minimum Gasteiger partial charge on any atom is -0.388 e. The second-order valence-electron chi connectivity index (χ2n) is 3.39. The third-order valence-corrected chi connectivity index (χ3v) is 2.08. The van der Waals surface area contributed by atoms with Gasteiger partial charge in [0.15, 0.2) is 0 Å². The van der Waals surface area contributed by atoms with Crippen LogP contribution in [-0.4, -0.2) is 42.4 Å². The minimum absolute atomic E-state index is 0.561. The van der Waals surface area contributed by atoms with Crippen LogP contribution in [0.4, 0.5) is 0 Å². The molecule has 0 aromatic rings. The number of nitrogens with two attached hydrogens (primary N) is 1. The molecule has 4 N–H and O–H groups in total. The Labute approximate surface area is 67.3 Å². The average Bonchev–Trinajstić information content (AvgIpc) is 1.85. The molecule has 1 aliphatic rings. The second kappa shape index (κ2) is 3.49. The topological polar surface area (TPSA) is 61.5 Å². The first-order valence-electron chi connectivity index (χ1n) is 4.01. The number of nitrogens with one attached hydrogen (secondary N) is 1. The van der Waals surface area contributed by atoms with Crippen LogP contribution in [0.5, 0.6) is 0 Å². The smallest absolute Gasteiger partial charge is 0.0812 e. The lowest BCUT2D eigenvalue weighted by Gasteiger charge is -2.34. The van der Waals surface area contributed by atoms with Crippen LogP contribution in [-0.2, 0) is 0 Å². The molecule has 4 heteroatoms. The van der Waals surface area contributed by atoms with Gasteiger partial charge in [0, 0.05) is 13.6 Å². The summed E-state index contributed by atoms with van der Waals surface area (Å²) in [5, 5.41) is 14.6. The Balaban J connectivity index is 2.37. The lowest BCUT2D eigenvalue weighted by Crippen LogP contribution is -2.50.